The first kappa shape index (κ1) is 21.7. The van der Waals surface area contributed by atoms with Gasteiger partial charge in [0.1, 0.15) is 0 Å². The minimum atomic E-state index is -0.0377. The van der Waals surface area contributed by atoms with Crippen LogP contribution in [0.15, 0.2) is 47.6 Å². The fraction of sp³-hybridized carbons (Fsp3) is 0.286. The third-order valence-electron chi connectivity index (χ3n) is 4.14. The van der Waals surface area contributed by atoms with Crippen molar-refractivity contribution >= 4 is 40.9 Å². The van der Waals surface area contributed by atoms with Gasteiger partial charge in [-0.2, -0.15) is 0 Å². The van der Waals surface area contributed by atoms with Crippen LogP contribution in [-0.2, 0) is 4.79 Å². The molecule has 2 aromatic carbocycles. The van der Waals surface area contributed by atoms with E-state index < -0.39 is 0 Å². The van der Waals surface area contributed by atoms with Crippen molar-refractivity contribution in [3.8, 4) is 17.1 Å². The van der Waals surface area contributed by atoms with E-state index in [-0.39, 0.29) is 11.7 Å². The highest BCUT2D eigenvalue weighted by Crippen LogP contribution is 2.31. The van der Waals surface area contributed by atoms with Crippen LogP contribution in [-0.4, -0.2) is 33.0 Å². The van der Waals surface area contributed by atoms with Gasteiger partial charge in [0.05, 0.1) is 21.5 Å². The van der Waals surface area contributed by atoms with Gasteiger partial charge in [-0.15, -0.1) is 10.2 Å². The summed E-state index contributed by atoms with van der Waals surface area (Å²) >= 11 is 13.7. The molecule has 5 nitrogen and oxygen atoms in total. The van der Waals surface area contributed by atoms with Crippen molar-refractivity contribution in [2.45, 2.75) is 25.9 Å². The van der Waals surface area contributed by atoms with Gasteiger partial charge < -0.3 is 5.32 Å². The SMILES string of the molecule is Cc1ccc(-c2nnc(SCC(=O)NCC(C)C)n2-c2ccc(Cl)c(Cl)c2)cc1. The number of amides is 1. The standard InChI is InChI=1S/C21H22Cl2N4OS/c1-13(2)11-24-19(28)12-29-21-26-25-20(15-6-4-14(3)5-7-15)27(21)16-8-9-17(22)18(23)10-16/h4-10,13H,11-12H2,1-3H3,(H,24,28). The molecule has 0 aliphatic carbocycles. The van der Waals surface area contributed by atoms with Crippen LogP contribution < -0.4 is 5.32 Å². The highest BCUT2D eigenvalue weighted by molar-refractivity contribution is 7.99. The van der Waals surface area contributed by atoms with E-state index in [9.17, 15) is 4.79 Å². The zero-order valence-electron chi connectivity index (χ0n) is 16.4. The highest BCUT2D eigenvalue weighted by atomic mass is 35.5. The van der Waals surface area contributed by atoms with Gasteiger partial charge >= 0.3 is 0 Å². The Kier molecular flexibility index (Phi) is 7.22. The Morgan fingerprint density at radius 3 is 2.48 bits per heavy atom. The smallest absolute Gasteiger partial charge is 0.230 e. The van der Waals surface area contributed by atoms with Gasteiger partial charge in [-0.25, -0.2) is 0 Å². The summed E-state index contributed by atoms with van der Waals surface area (Å²) in [7, 11) is 0. The second kappa shape index (κ2) is 9.65. The Morgan fingerprint density at radius 2 is 1.83 bits per heavy atom. The molecule has 0 atom stereocenters. The lowest BCUT2D eigenvalue weighted by Gasteiger charge is -2.12. The van der Waals surface area contributed by atoms with Crippen LogP contribution in [0.4, 0.5) is 0 Å². The van der Waals surface area contributed by atoms with Gasteiger partial charge in [-0.3, -0.25) is 9.36 Å². The molecule has 0 fully saturated rings. The lowest BCUT2D eigenvalue weighted by Crippen LogP contribution is -2.28. The van der Waals surface area contributed by atoms with E-state index in [1.54, 1.807) is 12.1 Å². The lowest BCUT2D eigenvalue weighted by atomic mass is 10.1. The summed E-state index contributed by atoms with van der Waals surface area (Å²) in [5, 5.41) is 13.2. The zero-order chi connectivity index (χ0) is 21.0. The van der Waals surface area contributed by atoms with Crippen molar-refractivity contribution in [1.29, 1.82) is 0 Å². The molecule has 3 aromatic rings. The molecule has 0 spiro atoms. The quantitative estimate of drug-likeness (QED) is 0.490. The third-order valence-corrected chi connectivity index (χ3v) is 5.81. The van der Waals surface area contributed by atoms with Gasteiger partial charge in [-0.05, 0) is 31.0 Å². The van der Waals surface area contributed by atoms with Crippen LogP contribution in [0.5, 0.6) is 0 Å². The summed E-state index contributed by atoms with van der Waals surface area (Å²) in [6.45, 7) is 6.79. The predicted octanol–water partition coefficient (Wildman–Crippen LogP) is 5.41. The Bertz CT molecular complexity index is 1000. The maximum atomic E-state index is 12.2. The molecule has 0 bridgehead atoms. The molecule has 0 radical (unpaired) electrons. The van der Waals surface area contributed by atoms with Crippen LogP contribution >= 0.6 is 35.0 Å². The maximum absolute atomic E-state index is 12.2. The molecule has 29 heavy (non-hydrogen) atoms. The summed E-state index contributed by atoms with van der Waals surface area (Å²) in [6.07, 6.45) is 0. The number of carbonyl (C=O) groups is 1. The molecule has 1 aromatic heterocycles. The van der Waals surface area contributed by atoms with E-state index in [0.29, 0.717) is 33.5 Å². The Labute approximate surface area is 184 Å². The molecule has 3 rings (SSSR count). The largest absolute Gasteiger partial charge is 0.355 e. The van der Waals surface area contributed by atoms with E-state index >= 15 is 0 Å². The van der Waals surface area contributed by atoms with Crippen molar-refractivity contribution in [3.05, 3.63) is 58.1 Å². The molecular weight excluding hydrogens is 427 g/mol. The molecule has 0 unspecified atom stereocenters. The molecule has 0 saturated heterocycles. The second-order valence-electron chi connectivity index (χ2n) is 7.09. The Balaban J connectivity index is 1.95. The summed E-state index contributed by atoms with van der Waals surface area (Å²) in [5.74, 6) is 1.29. The number of thioether (sulfide) groups is 1. The average Bonchev–Trinajstić information content (AvgIpc) is 3.11. The zero-order valence-corrected chi connectivity index (χ0v) is 18.8. The number of aryl methyl sites for hydroxylation is 1. The molecule has 1 amide bonds. The number of benzene rings is 2. The first-order chi connectivity index (χ1) is 13.8. The number of nitrogens with zero attached hydrogens (tertiary/aromatic N) is 3. The Hall–Kier alpha value is -2.02. The number of hydrogen-bond donors (Lipinski definition) is 1. The lowest BCUT2D eigenvalue weighted by molar-refractivity contribution is -0.118. The molecular formula is C21H22Cl2N4OS. The van der Waals surface area contributed by atoms with Gasteiger partial charge in [0, 0.05) is 12.1 Å². The van der Waals surface area contributed by atoms with Gasteiger partial charge in [-0.1, -0.05) is 78.6 Å². The molecule has 1 N–H and O–H groups in total. The predicted molar refractivity (Wildman–Crippen MR) is 120 cm³/mol. The van der Waals surface area contributed by atoms with Crippen molar-refractivity contribution in [2.75, 3.05) is 12.3 Å². The number of hydrogen-bond acceptors (Lipinski definition) is 4. The van der Waals surface area contributed by atoms with E-state index in [1.165, 1.54) is 11.8 Å². The summed E-state index contributed by atoms with van der Waals surface area (Å²) in [5.41, 5.74) is 2.86. The number of rotatable bonds is 7. The van der Waals surface area contributed by atoms with Gasteiger partial charge in [0.2, 0.25) is 5.91 Å². The second-order valence-corrected chi connectivity index (χ2v) is 8.85. The number of nitrogens with one attached hydrogen (secondary N) is 1. The van der Waals surface area contributed by atoms with Crippen LogP contribution in [0, 0.1) is 12.8 Å². The van der Waals surface area contributed by atoms with Gasteiger partial charge in [0.15, 0.2) is 11.0 Å². The first-order valence-corrected chi connectivity index (χ1v) is 11.0. The molecule has 0 aliphatic rings. The fourth-order valence-corrected chi connectivity index (χ4v) is 3.68. The minimum absolute atomic E-state index is 0.0377. The average molecular weight is 449 g/mol. The summed E-state index contributed by atoms with van der Waals surface area (Å²) in [4.78, 5) is 12.2. The van der Waals surface area contributed by atoms with Crippen LogP contribution in [0.2, 0.25) is 10.0 Å². The Morgan fingerprint density at radius 1 is 1.10 bits per heavy atom. The maximum Gasteiger partial charge on any atom is 0.230 e. The number of halogens is 2. The first-order valence-electron chi connectivity index (χ1n) is 9.22. The molecule has 1 heterocycles. The summed E-state index contributed by atoms with van der Waals surface area (Å²) < 4.78 is 1.90. The van der Waals surface area contributed by atoms with Crippen molar-refractivity contribution in [3.63, 3.8) is 0 Å². The van der Waals surface area contributed by atoms with Crippen molar-refractivity contribution in [1.82, 2.24) is 20.1 Å². The van der Waals surface area contributed by atoms with E-state index in [0.717, 1.165) is 16.8 Å². The van der Waals surface area contributed by atoms with E-state index in [1.807, 2.05) is 41.8 Å². The minimum Gasteiger partial charge on any atom is -0.355 e. The van der Waals surface area contributed by atoms with Crippen LogP contribution in [0.25, 0.3) is 17.1 Å². The van der Waals surface area contributed by atoms with Crippen LogP contribution in [0.3, 0.4) is 0 Å². The molecule has 152 valence electrons. The number of carbonyl (C=O) groups excluding carboxylic acids is 1. The van der Waals surface area contributed by atoms with Crippen molar-refractivity contribution < 1.29 is 4.79 Å². The van der Waals surface area contributed by atoms with Crippen molar-refractivity contribution in [2.24, 2.45) is 5.92 Å². The van der Waals surface area contributed by atoms with E-state index in [4.69, 9.17) is 23.2 Å². The summed E-state index contributed by atoms with van der Waals surface area (Å²) in [6, 6.07) is 13.4. The van der Waals surface area contributed by atoms with E-state index in [2.05, 4.69) is 29.4 Å². The monoisotopic (exact) mass is 448 g/mol. The normalized spacial score (nSPS) is 11.1. The number of aromatic nitrogens is 3. The third kappa shape index (κ3) is 5.53. The van der Waals surface area contributed by atoms with Gasteiger partial charge in [0.25, 0.3) is 0 Å². The molecule has 8 heteroatoms. The molecule has 0 saturated carbocycles. The highest BCUT2D eigenvalue weighted by Gasteiger charge is 2.18. The fourth-order valence-electron chi connectivity index (χ4n) is 2.61. The topological polar surface area (TPSA) is 59.8 Å². The van der Waals surface area contributed by atoms with Crippen LogP contribution in [0.1, 0.15) is 19.4 Å². The molecule has 0 aliphatic heterocycles.